The number of benzene rings is 1. The van der Waals surface area contributed by atoms with E-state index in [-0.39, 0.29) is 6.04 Å². The highest BCUT2D eigenvalue weighted by molar-refractivity contribution is 7.98. The Bertz CT molecular complexity index is 388. The van der Waals surface area contributed by atoms with Crippen LogP contribution in [0.4, 0.5) is 0 Å². The Balaban J connectivity index is 3.17. The second-order valence-electron chi connectivity index (χ2n) is 4.15. The number of rotatable bonds is 6. The molecule has 1 unspecified atom stereocenters. The average molecular weight is 251 g/mol. The Morgan fingerprint density at radius 2 is 2.18 bits per heavy atom. The Morgan fingerprint density at radius 3 is 2.65 bits per heavy atom. The molecule has 0 amide bonds. The number of hydrogen-bond donors (Lipinski definition) is 1. The molecule has 0 heterocycles. The molecule has 3 heteroatoms. The van der Waals surface area contributed by atoms with Crippen LogP contribution in [0.3, 0.4) is 0 Å². The Morgan fingerprint density at radius 1 is 1.47 bits per heavy atom. The van der Waals surface area contributed by atoms with Crippen LogP contribution >= 0.6 is 11.8 Å². The van der Waals surface area contributed by atoms with Crippen molar-refractivity contribution in [1.82, 2.24) is 0 Å². The first-order chi connectivity index (χ1) is 8.12. The molecule has 0 saturated carbocycles. The van der Waals surface area contributed by atoms with Crippen LogP contribution in [-0.4, -0.2) is 19.4 Å². The van der Waals surface area contributed by atoms with Crippen LogP contribution in [0.25, 0.3) is 0 Å². The van der Waals surface area contributed by atoms with E-state index in [9.17, 15) is 0 Å². The van der Waals surface area contributed by atoms with E-state index in [0.29, 0.717) is 0 Å². The summed E-state index contributed by atoms with van der Waals surface area (Å²) in [4.78, 5) is 1.28. The van der Waals surface area contributed by atoms with Crippen LogP contribution in [0.15, 0.2) is 29.7 Å². The minimum atomic E-state index is 0.142. The van der Waals surface area contributed by atoms with Crippen LogP contribution in [0.5, 0.6) is 5.75 Å². The van der Waals surface area contributed by atoms with Gasteiger partial charge in [-0.1, -0.05) is 6.08 Å². The first-order valence-electron chi connectivity index (χ1n) is 5.72. The molecular weight excluding hydrogens is 230 g/mol. The molecule has 0 saturated heterocycles. The molecule has 17 heavy (non-hydrogen) atoms. The van der Waals surface area contributed by atoms with Gasteiger partial charge in [-0.25, -0.2) is 0 Å². The molecule has 1 atom stereocenters. The molecule has 0 aliphatic carbocycles. The van der Waals surface area contributed by atoms with Crippen LogP contribution in [0.2, 0.25) is 0 Å². The molecule has 1 aromatic rings. The van der Waals surface area contributed by atoms with Gasteiger partial charge in [-0.2, -0.15) is 0 Å². The summed E-state index contributed by atoms with van der Waals surface area (Å²) < 4.78 is 5.43. The molecule has 2 N–H and O–H groups in total. The van der Waals surface area contributed by atoms with Crippen molar-refractivity contribution in [2.24, 2.45) is 5.73 Å². The predicted octanol–water partition coefficient (Wildman–Crippen LogP) is 3.04. The van der Waals surface area contributed by atoms with Crippen molar-refractivity contribution >= 4 is 11.8 Å². The van der Waals surface area contributed by atoms with E-state index in [0.717, 1.165) is 18.6 Å². The van der Waals surface area contributed by atoms with Gasteiger partial charge in [0.2, 0.25) is 0 Å². The minimum Gasteiger partial charge on any atom is -0.496 e. The largest absolute Gasteiger partial charge is 0.496 e. The summed E-state index contributed by atoms with van der Waals surface area (Å²) in [5.41, 5.74) is 8.30. The molecule has 1 aromatic carbocycles. The van der Waals surface area contributed by atoms with Crippen molar-refractivity contribution in [1.29, 1.82) is 0 Å². The van der Waals surface area contributed by atoms with Gasteiger partial charge >= 0.3 is 0 Å². The van der Waals surface area contributed by atoms with Gasteiger partial charge in [-0.05, 0) is 49.3 Å². The highest BCUT2D eigenvalue weighted by Gasteiger charge is 2.10. The van der Waals surface area contributed by atoms with Gasteiger partial charge in [0, 0.05) is 10.9 Å². The molecule has 94 valence electrons. The first kappa shape index (κ1) is 14.1. The number of methoxy groups -OCH3 is 1. The molecule has 0 fully saturated rings. The predicted molar refractivity (Wildman–Crippen MR) is 76.0 cm³/mol. The zero-order valence-electron chi connectivity index (χ0n) is 10.8. The molecule has 0 aliphatic heterocycles. The number of nitrogens with two attached hydrogens (primary N) is 1. The van der Waals surface area contributed by atoms with E-state index >= 15 is 0 Å². The molecule has 0 bridgehead atoms. The number of ether oxygens (including phenoxy) is 1. The van der Waals surface area contributed by atoms with E-state index in [1.807, 2.05) is 13.0 Å². The molecule has 1 rings (SSSR count). The maximum atomic E-state index is 5.86. The Labute approximate surface area is 108 Å². The van der Waals surface area contributed by atoms with E-state index < -0.39 is 0 Å². The van der Waals surface area contributed by atoms with E-state index in [1.165, 1.54) is 16.0 Å². The van der Waals surface area contributed by atoms with Crippen LogP contribution in [0, 0.1) is 0 Å². The standard InChI is InChI=1S/C14H21NOS/c1-5-6-11-8-13(16-3)12(7-10(2)15)9-14(11)17-4/h5,8-10H,1,6-7,15H2,2-4H3. The summed E-state index contributed by atoms with van der Waals surface area (Å²) in [6.07, 6.45) is 5.71. The fourth-order valence-corrected chi connectivity index (χ4v) is 2.51. The van der Waals surface area contributed by atoms with Gasteiger partial charge in [0.05, 0.1) is 7.11 Å². The lowest BCUT2D eigenvalue weighted by molar-refractivity contribution is 0.407. The maximum Gasteiger partial charge on any atom is 0.122 e. The fraction of sp³-hybridized carbons (Fsp3) is 0.429. The van der Waals surface area contributed by atoms with E-state index in [4.69, 9.17) is 10.5 Å². The summed E-state index contributed by atoms with van der Waals surface area (Å²) in [6, 6.07) is 4.43. The molecule has 0 radical (unpaired) electrons. The number of allylic oxidation sites excluding steroid dienone is 1. The molecular formula is C14H21NOS. The molecule has 0 aromatic heterocycles. The molecule has 0 spiro atoms. The molecule has 2 nitrogen and oxygen atoms in total. The quantitative estimate of drug-likeness (QED) is 0.623. The van der Waals surface area contributed by atoms with E-state index in [1.54, 1.807) is 18.9 Å². The van der Waals surface area contributed by atoms with E-state index in [2.05, 4.69) is 25.0 Å². The summed E-state index contributed by atoms with van der Waals surface area (Å²) >= 11 is 1.75. The van der Waals surface area contributed by atoms with Gasteiger partial charge in [-0.3, -0.25) is 0 Å². The third-order valence-electron chi connectivity index (χ3n) is 2.59. The summed E-state index contributed by atoms with van der Waals surface area (Å²) in [5.74, 6) is 0.928. The first-order valence-corrected chi connectivity index (χ1v) is 6.95. The minimum absolute atomic E-state index is 0.142. The van der Waals surface area contributed by atoms with Crippen molar-refractivity contribution in [2.75, 3.05) is 13.4 Å². The number of hydrogen-bond acceptors (Lipinski definition) is 3. The third kappa shape index (κ3) is 3.79. The summed E-state index contributed by atoms with van der Waals surface area (Å²) in [7, 11) is 1.70. The topological polar surface area (TPSA) is 35.2 Å². The van der Waals surface area contributed by atoms with Gasteiger partial charge in [0.15, 0.2) is 0 Å². The highest BCUT2D eigenvalue weighted by atomic mass is 32.2. The lowest BCUT2D eigenvalue weighted by Crippen LogP contribution is -2.18. The van der Waals surface area contributed by atoms with Crippen LogP contribution in [-0.2, 0) is 12.8 Å². The van der Waals surface area contributed by atoms with Gasteiger partial charge in [0.1, 0.15) is 5.75 Å². The second-order valence-corrected chi connectivity index (χ2v) is 5.00. The number of thioether (sulfide) groups is 1. The molecule has 0 aliphatic rings. The monoisotopic (exact) mass is 251 g/mol. The van der Waals surface area contributed by atoms with Crippen molar-refractivity contribution in [3.63, 3.8) is 0 Å². The third-order valence-corrected chi connectivity index (χ3v) is 3.41. The van der Waals surface area contributed by atoms with Gasteiger partial charge < -0.3 is 10.5 Å². The lowest BCUT2D eigenvalue weighted by Gasteiger charge is -2.15. The van der Waals surface area contributed by atoms with Crippen molar-refractivity contribution in [2.45, 2.75) is 30.7 Å². The summed E-state index contributed by atoms with van der Waals surface area (Å²) in [6.45, 7) is 5.80. The fourth-order valence-electron chi connectivity index (χ4n) is 1.85. The van der Waals surface area contributed by atoms with Crippen molar-refractivity contribution in [3.05, 3.63) is 35.9 Å². The normalized spacial score (nSPS) is 12.2. The van der Waals surface area contributed by atoms with Gasteiger partial charge in [0.25, 0.3) is 0 Å². The SMILES string of the molecule is C=CCc1cc(OC)c(CC(C)N)cc1SC. The Hall–Kier alpha value is -0.930. The zero-order valence-corrected chi connectivity index (χ0v) is 11.6. The maximum absolute atomic E-state index is 5.86. The Kier molecular flexibility index (Phi) is 5.59. The highest BCUT2D eigenvalue weighted by Crippen LogP contribution is 2.30. The smallest absolute Gasteiger partial charge is 0.122 e. The zero-order chi connectivity index (χ0) is 12.8. The lowest BCUT2D eigenvalue weighted by atomic mass is 10.0. The van der Waals surface area contributed by atoms with Crippen LogP contribution in [0.1, 0.15) is 18.1 Å². The average Bonchev–Trinajstić information content (AvgIpc) is 2.30. The van der Waals surface area contributed by atoms with Crippen LogP contribution < -0.4 is 10.5 Å². The van der Waals surface area contributed by atoms with Crippen molar-refractivity contribution in [3.8, 4) is 5.75 Å². The summed E-state index contributed by atoms with van der Waals surface area (Å²) in [5, 5.41) is 0. The van der Waals surface area contributed by atoms with Crippen molar-refractivity contribution < 1.29 is 4.74 Å². The second kappa shape index (κ2) is 6.72. The van der Waals surface area contributed by atoms with Gasteiger partial charge in [-0.15, -0.1) is 18.3 Å².